The van der Waals surface area contributed by atoms with E-state index in [0.717, 1.165) is 18.8 Å². The number of rotatable bonds is 13. The highest BCUT2D eigenvalue weighted by Gasteiger charge is 2.05. The van der Waals surface area contributed by atoms with Crippen LogP contribution in [0.1, 0.15) is 85.0 Å². The average Bonchev–Trinajstić information content (AvgIpc) is 2.42. The van der Waals surface area contributed by atoms with Crippen LogP contribution in [0.5, 0.6) is 0 Å². The summed E-state index contributed by atoms with van der Waals surface area (Å²) in [5.74, 6) is 0.485. The highest BCUT2D eigenvalue weighted by Crippen LogP contribution is 2.16. The topological polar surface area (TPSA) is 26.3 Å². The van der Waals surface area contributed by atoms with E-state index in [0.29, 0.717) is 12.2 Å². The fraction of sp³-hybridized carbons (Fsp3) is 0.833. The molecule has 0 rings (SSSR count). The Bertz CT molecular complexity index is 258. The molecule has 0 saturated carbocycles. The second kappa shape index (κ2) is 13.2. The molecule has 0 saturated heterocycles. The van der Waals surface area contributed by atoms with Crippen LogP contribution in [0.4, 0.5) is 0 Å². The zero-order valence-electron chi connectivity index (χ0n) is 13.9. The van der Waals surface area contributed by atoms with Crippen molar-refractivity contribution in [1.29, 1.82) is 0 Å². The Kier molecular flexibility index (Phi) is 12.7. The molecule has 2 nitrogen and oxygen atoms in total. The van der Waals surface area contributed by atoms with Crippen LogP contribution < -0.4 is 0 Å². The monoisotopic (exact) mass is 282 g/mol. The molecule has 0 spiro atoms. The quantitative estimate of drug-likeness (QED) is 0.247. The molecular formula is C18H34O2. The van der Waals surface area contributed by atoms with Gasteiger partial charge in [0.2, 0.25) is 0 Å². The molecule has 0 aliphatic carbocycles. The third kappa shape index (κ3) is 12.3. The Morgan fingerprint density at radius 2 is 1.55 bits per heavy atom. The van der Waals surface area contributed by atoms with E-state index in [2.05, 4.69) is 20.4 Å². The number of ether oxygens (including phenoxy) is 1. The van der Waals surface area contributed by atoms with Crippen LogP contribution in [-0.2, 0) is 9.53 Å². The number of unbranched alkanes of at least 4 members (excludes halogenated alkanes) is 6. The molecule has 0 N–H and O–H groups in total. The standard InChI is InChI=1S/C18H34O2/c1-5-6-7-8-9-10-11-13-17(4)14-12-15-20-18(19)16(2)3/h17H,2,5-15H2,1,3-4H3. The maximum Gasteiger partial charge on any atom is 0.333 e. The number of carbonyl (C=O) groups is 1. The first kappa shape index (κ1) is 19.2. The number of hydrogen-bond donors (Lipinski definition) is 0. The first-order valence-corrected chi connectivity index (χ1v) is 8.40. The Morgan fingerprint density at radius 1 is 1.00 bits per heavy atom. The second-order valence-electron chi connectivity index (χ2n) is 6.07. The minimum absolute atomic E-state index is 0.260. The molecule has 0 aliphatic heterocycles. The smallest absolute Gasteiger partial charge is 0.333 e. The molecule has 0 heterocycles. The second-order valence-corrected chi connectivity index (χ2v) is 6.07. The van der Waals surface area contributed by atoms with E-state index >= 15 is 0 Å². The Morgan fingerprint density at radius 3 is 2.15 bits per heavy atom. The molecule has 1 unspecified atom stereocenters. The summed E-state index contributed by atoms with van der Waals surface area (Å²) in [5.41, 5.74) is 0.487. The van der Waals surface area contributed by atoms with Gasteiger partial charge in [-0.05, 0) is 25.7 Å². The van der Waals surface area contributed by atoms with Gasteiger partial charge >= 0.3 is 5.97 Å². The molecule has 0 fully saturated rings. The van der Waals surface area contributed by atoms with Gasteiger partial charge in [0, 0.05) is 5.57 Å². The lowest BCUT2D eigenvalue weighted by molar-refractivity contribution is -0.139. The van der Waals surface area contributed by atoms with Gasteiger partial charge in [-0.15, -0.1) is 0 Å². The van der Waals surface area contributed by atoms with Crippen LogP contribution in [-0.4, -0.2) is 12.6 Å². The van der Waals surface area contributed by atoms with Gasteiger partial charge in [-0.25, -0.2) is 4.79 Å². The summed E-state index contributed by atoms with van der Waals surface area (Å²) in [6.45, 7) is 10.4. The highest BCUT2D eigenvalue weighted by atomic mass is 16.5. The fourth-order valence-corrected chi connectivity index (χ4v) is 2.31. The minimum Gasteiger partial charge on any atom is -0.462 e. The van der Waals surface area contributed by atoms with Crippen molar-refractivity contribution < 1.29 is 9.53 Å². The molecule has 118 valence electrons. The van der Waals surface area contributed by atoms with E-state index in [1.165, 1.54) is 51.4 Å². The summed E-state index contributed by atoms with van der Waals surface area (Å²) in [6.07, 6.45) is 13.1. The van der Waals surface area contributed by atoms with Crippen molar-refractivity contribution in [3.05, 3.63) is 12.2 Å². The van der Waals surface area contributed by atoms with Gasteiger partial charge in [0.25, 0.3) is 0 Å². The van der Waals surface area contributed by atoms with E-state index in [4.69, 9.17) is 4.74 Å². The van der Waals surface area contributed by atoms with Gasteiger partial charge in [0.15, 0.2) is 0 Å². The average molecular weight is 282 g/mol. The first-order chi connectivity index (χ1) is 9.57. The first-order valence-electron chi connectivity index (χ1n) is 8.40. The van der Waals surface area contributed by atoms with Gasteiger partial charge in [0.05, 0.1) is 6.61 Å². The Hall–Kier alpha value is -0.790. The molecule has 0 aromatic rings. The minimum atomic E-state index is -0.260. The van der Waals surface area contributed by atoms with Crippen LogP contribution in [0.3, 0.4) is 0 Å². The summed E-state index contributed by atoms with van der Waals surface area (Å²) >= 11 is 0. The Balaban J connectivity index is 3.30. The predicted octanol–water partition coefficient (Wildman–Crippen LogP) is 5.66. The van der Waals surface area contributed by atoms with E-state index in [-0.39, 0.29) is 5.97 Å². The summed E-state index contributed by atoms with van der Waals surface area (Å²) in [4.78, 5) is 11.2. The van der Waals surface area contributed by atoms with Crippen molar-refractivity contribution in [2.24, 2.45) is 5.92 Å². The predicted molar refractivity (Wildman–Crippen MR) is 86.8 cm³/mol. The summed E-state index contributed by atoms with van der Waals surface area (Å²) in [5, 5.41) is 0. The third-order valence-corrected chi connectivity index (χ3v) is 3.72. The van der Waals surface area contributed by atoms with Crippen LogP contribution in [0.15, 0.2) is 12.2 Å². The van der Waals surface area contributed by atoms with Crippen molar-refractivity contribution in [2.45, 2.75) is 85.0 Å². The Labute approximate surface area is 126 Å². The number of carbonyl (C=O) groups excluding carboxylic acids is 1. The van der Waals surface area contributed by atoms with E-state index < -0.39 is 0 Å². The summed E-state index contributed by atoms with van der Waals surface area (Å²) < 4.78 is 5.10. The summed E-state index contributed by atoms with van der Waals surface area (Å²) in [7, 11) is 0. The normalized spacial score (nSPS) is 12.2. The molecule has 0 aromatic heterocycles. The molecule has 1 atom stereocenters. The van der Waals surface area contributed by atoms with Crippen molar-refractivity contribution in [1.82, 2.24) is 0 Å². The molecule has 2 heteroatoms. The van der Waals surface area contributed by atoms with Gasteiger partial charge in [-0.1, -0.05) is 71.8 Å². The molecule has 0 bridgehead atoms. The fourth-order valence-electron chi connectivity index (χ4n) is 2.31. The van der Waals surface area contributed by atoms with E-state index in [1.807, 2.05) is 0 Å². The lowest BCUT2D eigenvalue weighted by atomic mass is 9.97. The molecule has 0 aromatic carbocycles. The van der Waals surface area contributed by atoms with Crippen LogP contribution in [0.25, 0.3) is 0 Å². The van der Waals surface area contributed by atoms with Crippen molar-refractivity contribution in [3.8, 4) is 0 Å². The summed E-state index contributed by atoms with van der Waals surface area (Å²) in [6, 6.07) is 0. The maximum absolute atomic E-state index is 11.2. The largest absolute Gasteiger partial charge is 0.462 e. The third-order valence-electron chi connectivity index (χ3n) is 3.72. The SMILES string of the molecule is C=C(C)C(=O)OCCCC(C)CCCCCCCCC. The zero-order valence-corrected chi connectivity index (χ0v) is 13.9. The number of esters is 1. The van der Waals surface area contributed by atoms with Gasteiger partial charge in [-0.3, -0.25) is 0 Å². The van der Waals surface area contributed by atoms with E-state index in [1.54, 1.807) is 6.92 Å². The van der Waals surface area contributed by atoms with Crippen LogP contribution in [0, 0.1) is 5.92 Å². The number of hydrogen-bond acceptors (Lipinski definition) is 2. The van der Waals surface area contributed by atoms with Crippen molar-refractivity contribution >= 4 is 5.97 Å². The molecule has 20 heavy (non-hydrogen) atoms. The lowest BCUT2D eigenvalue weighted by Crippen LogP contribution is -2.07. The van der Waals surface area contributed by atoms with E-state index in [9.17, 15) is 4.79 Å². The molecular weight excluding hydrogens is 248 g/mol. The molecule has 0 amide bonds. The molecule has 0 radical (unpaired) electrons. The van der Waals surface area contributed by atoms with Gasteiger partial charge in [-0.2, -0.15) is 0 Å². The van der Waals surface area contributed by atoms with Crippen LogP contribution in [0.2, 0.25) is 0 Å². The maximum atomic E-state index is 11.2. The van der Waals surface area contributed by atoms with Crippen molar-refractivity contribution in [2.75, 3.05) is 6.61 Å². The lowest BCUT2D eigenvalue weighted by Gasteiger charge is -2.11. The highest BCUT2D eigenvalue weighted by molar-refractivity contribution is 5.86. The van der Waals surface area contributed by atoms with Crippen molar-refractivity contribution in [3.63, 3.8) is 0 Å². The van der Waals surface area contributed by atoms with Crippen LogP contribution >= 0.6 is 0 Å². The molecule has 0 aliphatic rings. The van der Waals surface area contributed by atoms with Gasteiger partial charge in [0.1, 0.15) is 0 Å². The van der Waals surface area contributed by atoms with Gasteiger partial charge < -0.3 is 4.74 Å². The zero-order chi connectivity index (χ0) is 15.2.